The van der Waals surface area contributed by atoms with Gasteiger partial charge in [-0.05, 0) is 68.0 Å². The normalized spacial score (nSPS) is 23.3. The molecule has 6 rings (SSSR count). The van der Waals surface area contributed by atoms with Crippen molar-refractivity contribution >= 4 is 22.8 Å². The van der Waals surface area contributed by atoms with Crippen molar-refractivity contribution in [3.8, 4) is 11.5 Å². The van der Waals surface area contributed by atoms with Gasteiger partial charge < -0.3 is 24.7 Å². The van der Waals surface area contributed by atoms with E-state index in [1.165, 1.54) is 12.1 Å². The molecule has 0 aliphatic carbocycles. The van der Waals surface area contributed by atoms with Crippen molar-refractivity contribution in [1.82, 2.24) is 20.2 Å². The van der Waals surface area contributed by atoms with Crippen molar-refractivity contribution < 1.29 is 23.5 Å². The zero-order valence-electron chi connectivity index (χ0n) is 19.3. The summed E-state index contributed by atoms with van der Waals surface area (Å²) in [6.07, 6.45) is 4.36. The van der Waals surface area contributed by atoms with E-state index in [2.05, 4.69) is 15.3 Å². The quantitative estimate of drug-likeness (QED) is 0.562. The summed E-state index contributed by atoms with van der Waals surface area (Å²) in [5.41, 5.74) is 1.90. The van der Waals surface area contributed by atoms with Crippen LogP contribution in [-0.2, 0) is 16.0 Å². The Morgan fingerprint density at radius 1 is 1.20 bits per heavy atom. The van der Waals surface area contributed by atoms with E-state index in [0.29, 0.717) is 61.3 Å². The summed E-state index contributed by atoms with van der Waals surface area (Å²) in [4.78, 5) is 35.2. The van der Waals surface area contributed by atoms with E-state index in [1.807, 2.05) is 23.1 Å². The third-order valence-corrected chi connectivity index (χ3v) is 7.38. The summed E-state index contributed by atoms with van der Waals surface area (Å²) in [7, 11) is 0. The van der Waals surface area contributed by atoms with Crippen molar-refractivity contribution in [3.05, 3.63) is 53.6 Å². The molecule has 2 aromatic carbocycles. The number of nitrogens with zero attached hydrogens (tertiary/aromatic N) is 2. The number of aromatic amines is 1. The average molecular weight is 479 g/mol. The summed E-state index contributed by atoms with van der Waals surface area (Å²) in [6, 6.07) is 10.1. The number of carbonyl (C=O) groups excluding carboxylic acids is 2. The highest BCUT2D eigenvalue weighted by Crippen LogP contribution is 2.37. The Morgan fingerprint density at radius 3 is 2.94 bits per heavy atom. The lowest BCUT2D eigenvalue weighted by atomic mass is 9.84. The third-order valence-electron chi connectivity index (χ3n) is 7.38. The van der Waals surface area contributed by atoms with E-state index in [9.17, 15) is 14.0 Å². The maximum atomic E-state index is 13.6. The molecule has 2 saturated heterocycles. The number of hydrogen-bond acceptors (Lipinski definition) is 5. The van der Waals surface area contributed by atoms with Gasteiger partial charge in [-0.3, -0.25) is 9.59 Å². The van der Waals surface area contributed by atoms with Crippen LogP contribution in [0.15, 0.2) is 36.4 Å². The van der Waals surface area contributed by atoms with Gasteiger partial charge in [0.05, 0.1) is 17.1 Å². The molecule has 0 saturated carbocycles. The van der Waals surface area contributed by atoms with E-state index >= 15 is 0 Å². The summed E-state index contributed by atoms with van der Waals surface area (Å²) in [5, 5.41) is 3.16. The Kier molecular flexibility index (Phi) is 5.35. The number of aromatic nitrogens is 2. The van der Waals surface area contributed by atoms with Crippen molar-refractivity contribution in [2.24, 2.45) is 0 Å². The molecule has 2 atom stereocenters. The highest BCUT2D eigenvalue weighted by atomic mass is 19.1. The summed E-state index contributed by atoms with van der Waals surface area (Å²) in [6.45, 7) is 0.878. The summed E-state index contributed by atoms with van der Waals surface area (Å²) >= 11 is 0. The van der Waals surface area contributed by atoms with Gasteiger partial charge in [0, 0.05) is 24.9 Å². The zero-order chi connectivity index (χ0) is 24.0. The standard InChI is InChI=1S/C26H27FN4O4/c27-17-4-5-18-19(13-17)29-25(28-18)20-2-1-11-31(20)24(33)8-10-26(9-7-23(32)30-26)14-16-3-6-21-22(12-16)35-15-34-21/h3-6,12-13,20H,1-2,7-11,14-15H2,(H,28,29)(H,30,32)/t20-,26-/m1/s1. The maximum absolute atomic E-state index is 13.6. The Labute approximate surface area is 201 Å². The van der Waals surface area contributed by atoms with Crippen LogP contribution in [0, 0.1) is 5.82 Å². The van der Waals surface area contributed by atoms with Gasteiger partial charge in [0.25, 0.3) is 0 Å². The Morgan fingerprint density at radius 2 is 2.09 bits per heavy atom. The molecule has 2 N–H and O–H groups in total. The van der Waals surface area contributed by atoms with Gasteiger partial charge in [-0.1, -0.05) is 6.07 Å². The first-order valence-corrected chi connectivity index (χ1v) is 12.1. The molecule has 0 spiro atoms. The van der Waals surface area contributed by atoms with Gasteiger partial charge in [-0.15, -0.1) is 0 Å². The van der Waals surface area contributed by atoms with E-state index < -0.39 is 5.54 Å². The van der Waals surface area contributed by atoms with Crippen molar-refractivity contribution in [1.29, 1.82) is 0 Å². The second-order valence-electron chi connectivity index (χ2n) is 9.72. The monoisotopic (exact) mass is 478 g/mol. The van der Waals surface area contributed by atoms with Crippen LogP contribution in [0.2, 0.25) is 0 Å². The number of hydrogen-bond donors (Lipinski definition) is 2. The Hall–Kier alpha value is -3.62. The molecule has 3 aliphatic heterocycles. The molecule has 3 aromatic rings. The number of benzene rings is 2. The van der Waals surface area contributed by atoms with Gasteiger partial charge in [0.15, 0.2) is 11.5 Å². The largest absolute Gasteiger partial charge is 0.454 e. The molecule has 0 unspecified atom stereocenters. The second kappa shape index (κ2) is 8.55. The second-order valence-corrected chi connectivity index (χ2v) is 9.72. The van der Waals surface area contributed by atoms with Gasteiger partial charge >= 0.3 is 0 Å². The van der Waals surface area contributed by atoms with Crippen LogP contribution in [0.5, 0.6) is 11.5 Å². The van der Waals surface area contributed by atoms with Gasteiger partial charge in [-0.2, -0.15) is 0 Å². The lowest BCUT2D eigenvalue weighted by molar-refractivity contribution is -0.133. The number of halogens is 1. The number of likely N-dealkylation sites (tertiary alicyclic amines) is 1. The van der Waals surface area contributed by atoms with E-state index in [0.717, 1.165) is 24.2 Å². The van der Waals surface area contributed by atoms with Crippen LogP contribution in [0.25, 0.3) is 11.0 Å². The molecule has 0 radical (unpaired) electrons. The topological polar surface area (TPSA) is 96.6 Å². The number of imidazole rings is 1. The van der Waals surface area contributed by atoms with Gasteiger partial charge in [-0.25, -0.2) is 9.37 Å². The minimum atomic E-state index is -0.466. The van der Waals surface area contributed by atoms with Crippen LogP contribution in [0.3, 0.4) is 0 Å². The number of rotatable bonds is 6. The lowest BCUT2D eigenvalue weighted by Gasteiger charge is -2.31. The summed E-state index contributed by atoms with van der Waals surface area (Å²) < 4.78 is 24.5. The predicted molar refractivity (Wildman–Crippen MR) is 125 cm³/mol. The molecule has 4 heterocycles. The molecule has 2 amide bonds. The number of ether oxygens (including phenoxy) is 2. The Balaban J connectivity index is 1.17. The van der Waals surface area contributed by atoms with Crippen LogP contribution >= 0.6 is 0 Å². The number of carbonyl (C=O) groups is 2. The molecule has 3 aliphatic rings. The van der Waals surface area contributed by atoms with Crippen molar-refractivity contribution in [3.63, 3.8) is 0 Å². The fraction of sp³-hybridized carbons (Fsp3) is 0.423. The molecule has 9 heteroatoms. The van der Waals surface area contributed by atoms with E-state index in [4.69, 9.17) is 9.47 Å². The first kappa shape index (κ1) is 21.9. The SMILES string of the molecule is O=C1CC[C@@](CCC(=O)N2CCC[C@@H]2c2nc3ccc(F)cc3[nH]2)(Cc2ccc3c(c2)OCO3)N1. The average Bonchev–Trinajstić information content (AvgIpc) is 3.63. The van der Waals surface area contributed by atoms with Crippen LogP contribution in [0.1, 0.15) is 56.0 Å². The molecule has 1 aromatic heterocycles. The predicted octanol–water partition coefficient (Wildman–Crippen LogP) is 3.77. The first-order valence-electron chi connectivity index (χ1n) is 12.1. The third kappa shape index (κ3) is 4.19. The highest BCUT2D eigenvalue weighted by molar-refractivity contribution is 5.81. The summed E-state index contributed by atoms with van der Waals surface area (Å²) in [5.74, 6) is 1.88. The smallest absolute Gasteiger partial charge is 0.231 e. The van der Waals surface area contributed by atoms with Crippen LogP contribution in [0.4, 0.5) is 4.39 Å². The van der Waals surface area contributed by atoms with E-state index in [-0.39, 0.29) is 30.5 Å². The minimum Gasteiger partial charge on any atom is -0.454 e. The van der Waals surface area contributed by atoms with Crippen molar-refractivity contribution in [2.75, 3.05) is 13.3 Å². The van der Waals surface area contributed by atoms with Crippen LogP contribution < -0.4 is 14.8 Å². The molecular weight excluding hydrogens is 451 g/mol. The zero-order valence-corrected chi connectivity index (χ0v) is 19.3. The van der Waals surface area contributed by atoms with Crippen LogP contribution in [-0.4, -0.2) is 45.6 Å². The van der Waals surface area contributed by atoms with Gasteiger partial charge in [0.1, 0.15) is 11.6 Å². The molecule has 182 valence electrons. The molecule has 2 fully saturated rings. The molecule has 0 bridgehead atoms. The number of nitrogens with one attached hydrogen (secondary N) is 2. The molecular formula is C26H27FN4O4. The minimum absolute atomic E-state index is 0.0201. The maximum Gasteiger partial charge on any atom is 0.231 e. The Bertz CT molecular complexity index is 1310. The fourth-order valence-electron chi connectivity index (χ4n) is 5.62. The lowest BCUT2D eigenvalue weighted by Crippen LogP contribution is -2.45. The highest BCUT2D eigenvalue weighted by Gasteiger charge is 2.40. The number of H-pyrrole nitrogens is 1. The van der Waals surface area contributed by atoms with E-state index in [1.54, 1.807) is 6.07 Å². The molecule has 35 heavy (non-hydrogen) atoms. The molecule has 8 nitrogen and oxygen atoms in total. The fourth-order valence-corrected chi connectivity index (χ4v) is 5.62. The number of fused-ring (bicyclic) bond motifs is 2. The first-order chi connectivity index (χ1) is 17.0. The van der Waals surface area contributed by atoms with Gasteiger partial charge in [0.2, 0.25) is 18.6 Å². The van der Waals surface area contributed by atoms with Crippen molar-refractivity contribution in [2.45, 2.75) is 56.5 Å². The number of amides is 2.